The quantitative estimate of drug-likeness (QED) is 0.369. The van der Waals surface area contributed by atoms with Gasteiger partial charge in [-0.25, -0.2) is 4.98 Å². The van der Waals surface area contributed by atoms with Gasteiger partial charge in [0.2, 0.25) is 5.91 Å². The van der Waals surface area contributed by atoms with Crippen LogP contribution in [0.4, 0.5) is 5.13 Å². The third-order valence-electron chi connectivity index (χ3n) is 7.07. The molecular formula is C26H30ClN3O2S2. The Bertz CT molecular complexity index is 1140. The van der Waals surface area contributed by atoms with Crippen LogP contribution in [0.2, 0.25) is 5.02 Å². The van der Waals surface area contributed by atoms with E-state index < -0.39 is 5.41 Å². The molecule has 1 saturated carbocycles. The lowest BCUT2D eigenvalue weighted by atomic mass is 9.77. The van der Waals surface area contributed by atoms with Crippen LogP contribution in [0, 0.1) is 0 Å². The van der Waals surface area contributed by atoms with Gasteiger partial charge in [0.15, 0.2) is 5.13 Å². The Morgan fingerprint density at radius 2 is 1.91 bits per heavy atom. The minimum atomic E-state index is -0.516. The molecule has 0 N–H and O–H groups in total. The van der Waals surface area contributed by atoms with Crippen LogP contribution in [0.1, 0.15) is 31.2 Å². The van der Waals surface area contributed by atoms with Crippen molar-refractivity contribution in [3.63, 3.8) is 0 Å². The van der Waals surface area contributed by atoms with Crippen molar-refractivity contribution in [2.24, 2.45) is 0 Å². The molecule has 5 rings (SSSR count). The first-order valence-electron chi connectivity index (χ1n) is 11.9. The van der Waals surface area contributed by atoms with Gasteiger partial charge < -0.3 is 4.74 Å². The van der Waals surface area contributed by atoms with E-state index in [-0.39, 0.29) is 5.91 Å². The van der Waals surface area contributed by atoms with Gasteiger partial charge in [-0.05, 0) is 55.0 Å². The maximum Gasteiger partial charge on any atom is 0.239 e. The highest BCUT2D eigenvalue weighted by Crippen LogP contribution is 2.44. The standard InChI is InChI=1S/C26H30ClN3O2S2/c1-33-21-8-9-22-23(18-21)34-25(28-22)30(13-12-29-14-16-32-17-15-29)24(31)26(10-2-3-11-26)19-4-6-20(27)7-5-19/h4-9,18H,2-3,10-17H2,1H3. The van der Waals surface area contributed by atoms with Crippen LogP contribution in [0.5, 0.6) is 0 Å². The maximum atomic E-state index is 14.4. The number of nitrogens with zero attached hydrogens (tertiary/aromatic N) is 3. The Balaban J connectivity index is 1.51. The number of thiazole rings is 1. The molecule has 0 unspecified atom stereocenters. The lowest BCUT2D eigenvalue weighted by Crippen LogP contribution is -2.49. The van der Waals surface area contributed by atoms with Crippen molar-refractivity contribution >= 4 is 56.0 Å². The average molecular weight is 516 g/mol. The summed E-state index contributed by atoms with van der Waals surface area (Å²) in [6.07, 6.45) is 5.93. The minimum absolute atomic E-state index is 0.171. The highest BCUT2D eigenvalue weighted by atomic mass is 35.5. The highest BCUT2D eigenvalue weighted by molar-refractivity contribution is 7.98. The number of morpholine rings is 1. The van der Waals surface area contributed by atoms with Crippen molar-refractivity contribution in [2.45, 2.75) is 36.0 Å². The second-order valence-corrected chi connectivity index (χ2v) is 11.4. The Labute approximate surface area is 214 Å². The van der Waals surface area contributed by atoms with Gasteiger partial charge in [-0.3, -0.25) is 14.6 Å². The number of thioether (sulfide) groups is 1. The molecule has 2 heterocycles. The fraction of sp³-hybridized carbons (Fsp3) is 0.462. The molecule has 0 spiro atoms. The molecular weight excluding hydrogens is 486 g/mol. The van der Waals surface area contributed by atoms with Gasteiger partial charge in [-0.15, -0.1) is 11.8 Å². The summed E-state index contributed by atoms with van der Waals surface area (Å²) in [6.45, 7) is 4.76. The predicted octanol–water partition coefficient (Wildman–Crippen LogP) is 5.85. The van der Waals surface area contributed by atoms with Crippen LogP contribution in [0.3, 0.4) is 0 Å². The van der Waals surface area contributed by atoms with Crippen molar-refractivity contribution in [3.8, 4) is 0 Å². The molecule has 2 fully saturated rings. The van der Waals surface area contributed by atoms with E-state index in [0.29, 0.717) is 11.6 Å². The lowest BCUT2D eigenvalue weighted by molar-refractivity contribution is -0.124. The number of fused-ring (bicyclic) bond motifs is 1. The smallest absolute Gasteiger partial charge is 0.239 e. The van der Waals surface area contributed by atoms with Gasteiger partial charge in [0.05, 0.1) is 28.8 Å². The third kappa shape index (κ3) is 4.86. The number of carbonyl (C=O) groups is 1. The normalized spacial score (nSPS) is 18.4. The summed E-state index contributed by atoms with van der Waals surface area (Å²) in [4.78, 5) is 24.9. The number of hydrogen-bond donors (Lipinski definition) is 0. The molecule has 2 aliphatic rings. The zero-order chi connectivity index (χ0) is 23.5. The molecule has 8 heteroatoms. The summed E-state index contributed by atoms with van der Waals surface area (Å²) in [5, 5.41) is 1.50. The Morgan fingerprint density at radius 1 is 1.18 bits per heavy atom. The maximum absolute atomic E-state index is 14.4. The van der Waals surface area contributed by atoms with Crippen LogP contribution in [0.15, 0.2) is 47.4 Å². The summed E-state index contributed by atoms with van der Waals surface area (Å²) in [5.41, 5.74) is 1.51. The van der Waals surface area contributed by atoms with Crippen LogP contribution in [-0.4, -0.2) is 61.4 Å². The minimum Gasteiger partial charge on any atom is -0.379 e. The van der Waals surface area contributed by atoms with Crippen molar-refractivity contribution in [1.82, 2.24) is 9.88 Å². The van der Waals surface area contributed by atoms with Crippen molar-refractivity contribution in [1.29, 1.82) is 0 Å². The van der Waals surface area contributed by atoms with Crippen LogP contribution < -0.4 is 4.90 Å². The third-order valence-corrected chi connectivity index (χ3v) is 9.09. The van der Waals surface area contributed by atoms with Crippen molar-refractivity contribution < 1.29 is 9.53 Å². The zero-order valence-corrected chi connectivity index (χ0v) is 21.9. The molecule has 1 amide bonds. The van der Waals surface area contributed by atoms with Crippen molar-refractivity contribution in [2.75, 3.05) is 50.5 Å². The molecule has 1 saturated heterocycles. The van der Waals surface area contributed by atoms with Gasteiger partial charge >= 0.3 is 0 Å². The first kappa shape index (κ1) is 24.1. The molecule has 0 atom stereocenters. The number of aromatic nitrogens is 1. The first-order chi connectivity index (χ1) is 16.6. The largest absolute Gasteiger partial charge is 0.379 e. The summed E-state index contributed by atoms with van der Waals surface area (Å²) in [5.74, 6) is 0.171. The number of benzene rings is 2. The number of carbonyl (C=O) groups excluding carboxylic acids is 1. The molecule has 180 valence electrons. The second-order valence-electron chi connectivity index (χ2n) is 9.04. The summed E-state index contributed by atoms with van der Waals surface area (Å²) in [6, 6.07) is 14.2. The Kier molecular flexibility index (Phi) is 7.46. The van der Waals surface area contributed by atoms with E-state index in [1.54, 1.807) is 23.1 Å². The van der Waals surface area contributed by atoms with Gasteiger partial charge in [-0.1, -0.05) is 47.9 Å². The molecule has 1 aliphatic carbocycles. The van der Waals surface area contributed by atoms with Crippen LogP contribution >= 0.6 is 34.7 Å². The first-order valence-corrected chi connectivity index (χ1v) is 14.3. The van der Waals surface area contributed by atoms with E-state index >= 15 is 0 Å². The fourth-order valence-electron chi connectivity index (χ4n) is 5.12. The van der Waals surface area contributed by atoms with Gasteiger partial charge in [-0.2, -0.15) is 0 Å². The van der Waals surface area contributed by atoms with Gasteiger partial charge in [0.25, 0.3) is 0 Å². The molecule has 0 radical (unpaired) electrons. The predicted molar refractivity (Wildman–Crippen MR) is 143 cm³/mol. The number of ether oxygens (including phenoxy) is 1. The molecule has 0 bridgehead atoms. The molecule has 3 aromatic rings. The summed E-state index contributed by atoms with van der Waals surface area (Å²) < 4.78 is 6.64. The van der Waals surface area contributed by atoms with E-state index in [1.165, 1.54) is 4.90 Å². The molecule has 34 heavy (non-hydrogen) atoms. The Hall–Kier alpha value is -1.64. The highest BCUT2D eigenvalue weighted by Gasteiger charge is 2.46. The summed E-state index contributed by atoms with van der Waals surface area (Å²) >= 11 is 9.53. The summed E-state index contributed by atoms with van der Waals surface area (Å²) in [7, 11) is 0. The SMILES string of the molecule is CSc1ccc2nc(N(CCN3CCOCC3)C(=O)C3(c4ccc(Cl)cc4)CCCC3)sc2c1. The fourth-order valence-corrected chi connectivity index (χ4v) is 6.79. The van der Waals surface area contributed by atoms with E-state index in [0.717, 1.165) is 79.4 Å². The second kappa shape index (κ2) is 10.5. The van der Waals surface area contributed by atoms with Crippen LogP contribution in [0.25, 0.3) is 10.2 Å². The van der Waals surface area contributed by atoms with E-state index in [2.05, 4.69) is 29.4 Å². The number of amides is 1. The Morgan fingerprint density at radius 3 is 2.62 bits per heavy atom. The number of halogens is 1. The van der Waals surface area contributed by atoms with E-state index in [1.807, 2.05) is 29.2 Å². The van der Waals surface area contributed by atoms with E-state index in [9.17, 15) is 4.79 Å². The molecule has 1 aromatic heterocycles. The number of hydrogen-bond acceptors (Lipinski definition) is 6. The van der Waals surface area contributed by atoms with Crippen molar-refractivity contribution in [3.05, 3.63) is 53.1 Å². The average Bonchev–Trinajstić information content (AvgIpc) is 3.53. The van der Waals surface area contributed by atoms with Crippen LogP contribution in [-0.2, 0) is 14.9 Å². The monoisotopic (exact) mass is 515 g/mol. The number of anilines is 1. The topological polar surface area (TPSA) is 45.7 Å². The molecule has 1 aliphatic heterocycles. The van der Waals surface area contributed by atoms with Gasteiger partial charge in [0.1, 0.15) is 0 Å². The number of rotatable bonds is 7. The van der Waals surface area contributed by atoms with E-state index in [4.69, 9.17) is 21.3 Å². The van der Waals surface area contributed by atoms with Gasteiger partial charge in [0, 0.05) is 36.1 Å². The molecule has 2 aromatic carbocycles. The lowest BCUT2D eigenvalue weighted by Gasteiger charge is -2.35. The zero-order valence-electron chi connectivity index (χ0n) is 19.5. The molecule has 5 nitrogen and oxygen atoms in total.